The molecule has 1 aromatic carbocycles. The van der Waals surface area contributed by atoms with Crippen LogP contribution in [-0.2, 0) is 6.54 Å². The zero-order valence-corrected chi connectivity index (χ0v) is 12.7. The molecule has 0 spiro atoms. The maximum Gasteiger partial charge on any atom is 0.160 e. The standard InChI is InChI=1S/C16H26N2O2/c1-12(2)18-7-6-14(11-18)10-17-9-13-4-5-15(19)16(8-13)20-3/h4-5,8,12,14,17,19H,6-7,9-11H2,1-3H3. The molecule has 0 aromatic heterocycles. The van der Waals surface area contributed by atoms with Crippen LogP contribution in [0.25, 0.3) is 0 Å². The molecule has 4 nitrogen and oxygen atoms in total. The van der Waals surface area contributed by atoms with Crippen LogP contribution in [0.15, 0.2) is 18.2 Å². The van der Waals surface area contributed by atoms with Gasteiger partial charge < -0.3 is 20.1 Å². The first-order chi connectivity index (χ1) is 9.60. The lowest BCUT2D eigenvalue weighted by molar-refractivity contribution is 0.264. The molecule has 2 rings (SSSR count). The summed E-state index contributed by atoms with van der Waals surface area (Å²) in [7, 11) is 1.57. The van der Waals surface area contributed by atoms with Crippen LogP contribution in [0.5, 0.6) is 11.5 Å². The summed E-state index contributed by atoms with van der Waals surface area (Å²) in [5.74, 6) is 1.48. The lowest BCUT2D eigenvalue weighted by Crippen LogP contribution is -2.30. The van der Waals surface area contributed by atoms with Crippen molar-refractivity contribution >= 4 is 0 Å². The Morgan fingerprint density at radius 2 is 2.25 bits per heavy atom. The van der Waals surface area contributed by atoms with Gasteiger partial charge in [0, 0.05) is 19.1 Å². The lowest BCUT2D eigenvalue weighted by Gasteiger charge is -2.20. The van der Waals surface area contributed by atoms with Crippen LogP contribution in [-0.4, -0.2) is 42.8 Å². The minimum atomic E-state index is 0.194. The van der Waals surface area contributed by atoms with Crippen LogP contribution in [0.4, 0.5) is 0 Å². The first kappa shape index (κ1) is 15.1. The topological polar surface area (TPSA) is 44.7 Å². The Morgan fingerprint density at radius 3 is 2.90 bits per heavy atom. The Balaban J connectivity index is 1.76. The van der Waals surface area contributed by atoms with Gasteiger partial charge in [-0.15, -0.1) is 0 Å². The van der Waals surface area contributed by atoms with E-state index in [1.807, 2.05) is 12.1 Å². The van der Waals surface area contributed by atoms with Crippen molar-refractivity contribution in [2.75, 3.05) is 26.7 Å². The van der Waals surface area contributed by atoms with Crippen molar-refractivity contribution in [3.8, 4) is 11.5 Å². The normalized spacial score (nSPS) is 19.7. The average molecular weight is 278 g/mol. The number of nitrogens with zero attached hydrogens (tertiary/aromatic N) is 1. The van der Waals surface area contributed by atoms with Gasteiger partial charge in [-0.1, -0.05) is 6.07 Å². The fourth-order valence-corrected chi connectivity index (χ4v) is 2.75. The van der Waals surface area contributed by atoms with Gasteiger partial charge in [0.05, 0.1) is 7.11 Å². The second-order valence-electron chi connectivity index (χ2n) is 5.88. The Morgan fingerprint density at radius 1 is 1.45 bits per heavy atom. The minimum absolute atomic E-state index is 0.194. The second-order valence-corrected chi connectivity index (χ2v) is 5.88. The van der Waals surface area contributed by atoms with Crippen molar-refractivity contribution in [2.24, 2.45) is 5.92 Å². The number of ether oxygens (including phenoxy) is 1. The zero-order chi connectivity index (χ0) is 14.5. The van der Waals surface area contributed by atoms with Gasteiger partial charge in [-0.05, 0) is 57.0 Å². The van der Waals surface area contributed by atoms with Gasteiger partial charge >= 0.3 is 0 Å². The molecule has 0 aliphatic carbocycles. The van der Waals surface area contributed by atoms with E-state index in [9.17, 15) is 5.11 Å². The summed E-state index contributed by atoms with van der Waals surface area (Å²) in [6.45, 7) is 8.80. The number of phenols is 1. The summed E-state index contributed by atoms with van der Waals surface area (Å²) >= 11 is 0. The van der Waals surface area contributed by atoms with E-state index >= 15 is 0 Å². The van der Waals surface area contributed by atoms with E-state index in [1.165, 1.54) is 19.5 Å². The number of aromatic hydroxyl groups is 1. The minimum Gasteiger partial charge on any atom is -0.504 e. The molecule has 4 heteroatoms. The summed E-state index contributed by atoms with van der Waals surface area (Å²) in [6.07, 6.45) is 1.28. The summed E-state index contributed by atoms with van der Waals surface area (Å²) in [5.41, 5.74) is 1.14. The van der Waals surface area contributed by atoms with E-state index in [4.69, 9.17) is 4.74 Å². The molecule has 0 amide bonds. The van der Waals surface area contributed by atoms with Gasteiger partial charge in [-0.3, -0.25) is 0 Å². The van der Waals surface area contributed by atoms with E-state index in [0.717, 1.165) is 24.6 Å². The van der Waals surface area contributed by atoms with Gasteiger partial charge in [0.1, 0.15) is 0 Å². The average Bonchev–Trinajstić information content (AvgIpc) is 2.89. The number of rotatable bonds is 6. The van der Waals surface area contributed by atoms with Crippen molar-refractivity contribution in [1.29, 1.82) is 0 Å². The zero-order valence-electron chi connectivity index (χ0n) is 12.7. The molecular weight excluding hydrogens is 252 g/mol. The van der Waals surface area contributed by atoms with Crippen molar-refractivity contribution in [2.45, 2.75) is 32.9 Å². The SMILES string of the molecule is COc1cc(CNCC2CCN(C(C)C)C2)ccc1O. The predicted molar refractivity (Wildman–Crippen MR) is 81.2 cm³/mol. The largest absolute Gasteiger partial charge is 0.504 e. The van der Waals surface area contributed by atoms with E-state index in [1.54, 1.807) is 13.2 Å². The van der Waals surface area contributed by atoms with E-state index < -0.39 is 0 Å². The number of hydrogen-bond acceptors (Lipinski definition) is 4. The number of nitrogens with one attached hydrogen (secondary N) is 1. The highest BCUT2D eigenvalue weighted by molar-refractivity contribution is 5.41. The summed E-state index contributed by atoms with van der Waals surface area (Å²) < 4.78 is 5.12. The molecule has 0 bridgehead atoms. The maximum absolute atomic E-state index is 9.56. The summed E-state index contributed by atoms with van der Waals surface area (Å²) in [4.78, 5) is 2.54. The van der Waals surface area contributed by atoms with E-state index in [0.29, 0.717) is 11.8 Å². The Labute approximate surface area is 121 Å². The van der Waals surface area contributed by atoms with Crippen molar-refractivity contribution in [1.82, 2.24) is 10.2 Å². The highest BCUT2D eigenvalue weighted by Gasteiger charge is 2.23. The molecule has 2 N–H and O–H groups in total. The summed E-state index contributed by atoms with van der Waals surface area (Å²) in [6, 6.07) is 6.16. The molecule has 1 atom stereocenters. The number of likely N-dealkylation sites (tertiary alicyclic amines) is 1. The number of benzene rings is 1. The quantitative estimate of drug-likeness (QED) is 0.837. The van der Waals surface area contributed by atoms with Gasteiger partial charge in [0.15, 0.2) is 11.5 Å². The van der Waals surface area contributed by atoms with Crippen LogP contribution in [0.1, 0.15) is 25.8 Å². The summed E-state index contributed by atoms with van der Waals surface area (Å²) in [5, 5.41) is 13.1. The first-order valence-electron chi connectivity index (χ1n) is 7.40. The molecule has 1 unspecified atom stereocenters. The monoisotopic (exact) mass is 278 g/mol. The van der Waals surface area contributed by atoms with E-state index in [2.05, 4.69) is 24.1 Å². The number of phenolic OH excluding ortho intramolecular Hbond substituents is 1. The number of hydrogen-bond donors (Lipinski definition) is 2. The van der Waals surface area contributed by atoms with Gasteiger partial charge in [0.2, 0.25) is 0 Å². The second kappa shape index (κ2) is 6.95. The highest BCUT2D eigenvalue weighted by Crippen LogP contribution is 2.26. The van der Waals surface area contributed by atoms with Crippen LogP contribution in [0.3, 0.4) is 0 Å². The van der Waals surface area contributed by atoms with Gasteiger partial charge in [-0.25, -0.2) is 0 Å². The molecule has 20 heavy (non-hydrogen) atoms. The first-order valence-corrected chi connectivity index (χ1v) is 7.40. The third-order valence-corrected chi connectivity index (χ3v) is 4.05. The fourth-order valence-electron chi connectivity index (χ4n) is 2.75. The Bertz CT molecular complexity index is 434. The van der Waals surface area contributed by atoms with Crippen molar-refractivity contribution in [3.05, 3.63) is 23.8 Å². The Kier molecular flexibility index (Phi) is 5.26. The van der Waals surface area contributed by atoms with E-state index in [-0.39, 0.29) is 5.75 Å². The molecule has 0 saturated carbocycles. The lowest BCUT2D eigenvalue weighted by atomic mass is 10.1. The maximum atomic E-state index is 9.56. The molecule has 1 aliphatic heterocycles. The smallest absolute Gasteiger partial charge is 0.160 e. The molecule has 112 valence electrons. The van der Waals surface area contributed by atoms with Crippen LogP contribution in [0, 0.1) is 5.92 Å². The third-order valence-electron chi connectivity index (χ3n) is 4.05. The van der Waals surface area contributed by atoms with Gasteiger partial charge in [-0.2, -0.15) is 0 Å². The predicted octanol–water partition coefficient (Wildman–Crippen LogP) is 2.22. The fraction of sp³-hybridized carbons (Fsp3) is 0.625. The van der Waals surface area contributed by atoms with Crippen molar-refractivity contribution in [3.63, 3.8) is 0 Å². The third kappa shape index (κ3) is 3.87. The van der Waals surface area contributed by atoms with Crippen LogP contribution >= 0.6 is 0 Å². The van der Waals surface area contributed by atoms with Crippen LogP contribution in [0.2, 0.25) is 0 Å². The molecule has 1 aromatic rings. The molecular formula is C16H26N2O2. The van der Waals surface area contributed by atoms with Crippen molar-refractivity contribution < 1.29 is 9.84 Å². The molecule has 0 radical (unpaired) electrons. The highest BCUT2D eigenvalue weighted by atomic mass is 16.5. The molecule has 1 aliphatic rings. The molecule has 1 fully saturated rings. The molecule has 1 heterocycles. The Hall–Kier alpha value is -1.26. The van der Waals surface area contributed by atoms with Crippen LogP contribution < -0.4 is 10.1 Å². The van der Waals surface area contributed by atoms with Gasteiger partial charge in [0.25, 0.3) is 0 Å². The molecule has 1 saturated heterocycles. The number of methoxy groups -OCH3 is 1.